The molecule has 1 fully saturated rings. The Balaban J connectivity index is 2.19. The summed E-state index contributed by atoms with van der Waals surface area (Å²) in [6.07, 6.45) is 6.70. The van der Waals surface area contributed by atoms with Gasteiger partial charge in [-0.3, -0.25) is 4.79 Å². The van der Waals surface area contributed by atoms with Crippen molar-refractivity contribution in [3.8, 4) is 0 Å². The lowest BCUT2D eigenvalue weighted by molar-refractivity contribution is -0.130. The lowest BCUT2D eigenvalue weighted by Crippen LogP contribution is -2.33. The molecule has 0 aromatic rings. The Hall–Kier alpha value is -0.570. The van der Waals surface area contributed by atoms with Gasteiger partial charge in [-0.2, -0.15) is 0 Å². The fourth-order valence-corrected chi connectivity index (χ4v) is 2.81. The molecule has 1 atom stereocenters. The van der Waals surface area contributed by atoms with Crippen LogP contribution in [0.25, 0.3) is 0 Å². The fourth-order valence-electron chi connectivity index (χ4n) is 2.81. The summed E-state index contributed by atoms with van der Waals surface area (Å²) in [6, 6.07) is 0. The van der Waals surface area contributed by atoms with Crippen LogP contribution in [0.15, 0.2) is 0 Å². The van der Waals surface area contributed by atoms with Crippen LogP contribution in [-0.4, -0.2) is 37.0 Å². The zero-order valence-electron chi connectivity index (χ0n) is 13.1. The van der Waals surface area contributed by atoms with Crippen molar-refractivity contribution in [2.24, 2.45) is 11.8 Å². The number of carbonyl (C=O) groups is 1. The molecule has 0 aliphatic carbocycles. The Bertz CT molecular complexity index is 253. The van der Waals surface area contributed by atoms with E-state index in [0.29, 0.717) is 11.8 Å². The maximum atomic E-state index is 12.0. The quantitative estimate of drug-likeness (QED) is 0.686. The molecule has 3 nitrogen and oxygen atoms in total. The van der Waals surface area contributed by atoms with Gasteiger partial charge in [0.1, 0.15) is 0 Å². The Morgan fingerprint density at radius 3 is 2.84 bits per heavy atom. The molecule has 19 heavy (non-hydrogen) atoms. The fraction of sp³-hybridized carbons (Fsp3) is 0.938. The highest BCUT2D eigenvalue weighted by Crippen LogP contribution is 2.22. The second kappa shape index (κ2) is 9.35. The molecule has 0 bridgehead atoms. The molecule has 1 unspecified atom stereocenters. The largest absolute Gasteiger partial charge is 0.343 e. The molecular weight excluding hydrogens is 236 g/mol. The standard InChI is InChI=1S/C16H32N2O/c1-4-6-15-7-8-16(19)18(12-9-15)11-5-10-17-13-14(2)3/h14-15,17H,4-13H2,1-3H3. The van der Waals surface area contributed by atoms with Gasteiger partial charge in [0, 0.05) is 19.5 Å². The smallest absolute Gasteiger partial charge is 0.222 e. The first-order valence-electron chi connectivity index (χ1n) is 8.12. The zero-order chi connectivity index (χ0) is 14.1. The van der Waals surface area contributed by atoms with Gasteiger partial charge in [0.15, 0.2) is 0 Å². The van der Waals surface area contributed by atoms with Gasteiger partial charge in [-0.25, -0.2) is 0 Å². The molecule has 0 aromatic carbocycles. The minimum atomic E-state index is 0.377. The van der Waals surface area contributed by atoms with E-state index >= 15 is 0 Å². The number of hydrogen-bond acceptors (Lipinski definition) is 2. The van der Waals surface area contributed by atoms with Crippen molar-refractivity contribution in [2.45, 2.75) is 59.3 Å². The van der Waals surface area contributed by atoms with Gasteiger partial charge in [0.25, 0.3) is 0 Å². The highest BCUT2D eigenvalue weighted by atomic mass is 16.2. The first kappa shape index (κ1) is 16.5. The molecule has 0 spiro atoms. The molecule has 1 saturated heterocycles. The van der Waals surface area contributed by atoms with E-state index in [0.717, 1.165) is 51.4 Å². The molecule has 1 N–H and O–H groups in total. The Morgan fingerprint density at radius 1 is 1.37 bits per heavy atom. The summed E-state index contributed by atoms with van der Waals surface area (Å²) in [6.45, 7) is 10.7. The van der Waals surface area contributed by atoms with Crippen LogP contribution in [0.4, 0.5) is 0 Å². The van der Waals surface area contributed by atoms with Crippen LogP contribution < -0.4 is 5.32 Å². The highest BCUT2D eigenvalue weighted by molar-refractivity contribution is 5.76. The molecule has 0 saturated carbocycles. The van der Waals surface area contributed by atoms with Crippen LogP contribution in [-0.2, 0) is 4.79 Å². The zero-order valence-corrected chi connectivity index (χ0v) is 13.1. The minimum Gasteiger partial charge on any atom is -0.343 e. The molecule has 0 aromatic heterocycles. The average molecular weight is 268 g/mol. The molecule has 1 aliphatic rings. The predicted molar refractivity (Wildman–Crippen MR) is 81.2 cm³/mol. The van der Waals surface area contributed by atoms with E-state index in [-0.39, 0.29) is 0 Å². The number of hydrogen-bond donors (Lipinski definition) is 1. The van der Waals surface area contributed by atoms with Crippen LogP contribution >= 0.6 is 0 Å². The SMILES string of the molecule is CCCC1CCC(=O)N(CCCNCC(C)C)CC1. The van der Waals surface area contributed by atoms with Gasteiger partial charge in [0.05, 0.1) is 0 Å². The Kier molecular flexibility index (Phi) is 8.11. The number of amides is 1. The van der Waals surface area contributed by atoms with E-state index in [1.165, 1.54) is 19.3 Å². The van der Waals surface area contributed by atoms with Crippen molar-refractivity contribution in [1.29, 1.82) is 0 Å². The van der Waals surface area contributed by atoms with Gasteiger partial charge in [-0.1, -0.05) is 33.6 Å². The van der Waals surface area contributed by atoms with E-state index < -0.39 is 0 Å². The summed E-state index contributed by atoms with van der Waals surface area (Å²) in [5.41, 5.74) is 0. The summed E-state index contributed by atoms with van der Waals surface area (Å²) in [5.74, 6) is 1.86. The molecule has 1 amide bonds. The number of rotatable bonds is 8. The van der Waals surface area contributed by atoms with Crippen LogP contribution in [0.2, 0.25) is 0 Å². The summed E-state index contributed by atoms with van der Waals surface area (Å²) < 4.78 is 0. The summed E-state index contributed by atoms with van der Waals surface area (Å²) in [7, 11) is 0. The highest BCUT2D eigenvalue weighted by Gasteiger charge is 2.21. The topological polar surface area (TPSA) is 32.3 Å². The van der Waals surface area contributed by atoms with Gasteiger partial charge >= 0.3 is 0 Å². The average Bonchev–Trinajstić information content (AvgIpc) is 2.53. The van der Waals surface area contributed by atoms with Crippen LogP contribution in [0.3, 0.4) is 0 Å². The van der Waals surface area contributed by atoms with Gasteiger partial charge in [-0.05, 0) is 44.2 Å². The second-order valence-electron chi connectivity index (χ2n) is 6.31. The van der Waals surface area contributed by atoms with Crippen LogP contribution in [0, 0.1) is 11.8 Å². The molecule has 112 valence electrons. The van der Waals surface area contributed by atoms with E-state index in [1.807, 2.05) is 0 Å². The normalized spacial score (nSPS) is 20.9. The third-order valence-corrected chi connectivity index (χ3v) is 3.96. The molecule has 1 rings (SSSR count). The Morgan fingerprint density at radius 2 is 2.16 bits per heavy atom. The predicted octanol–water partition coefficient (Wildman–Crippen LogP) is 3.05. The third kappa shape index (κ3) is 6.95. The maximum Gasteiger partial charge on any atom is 0.222 e. The molecule has 0 radical (unpaired) electrons. The first-order chi connectivity index (χ1) is 9.13. The third-order valence-electron chi connectivity index (χ3n) is 3.96. The van der Waals surface area contributed by atoms with Crippen LogP contribution in [0.1, 0.15) is 59.3 Å². The lowest BCUT2D eigenvalue weighted by atomic mass is 9.96. The number of nitrogens with zero attached hydrogens (tertiary/aromatic N) is 1. The second-order valence-corrected chi connectivity index (χ2v) is 6.31. The maximum absolute atomic E-state index is 12.0. The molecule has 1 heterocycles. The molecule has 1 aliphatic heterocycles. The lowest BCUT2D eigenvalue weighted by Gasteiger charge is -2.21. The summed E-state index contributed by atoms with van der Waals surface area (Å²) in [5, 5.41) is 3.45. The summed E-state index contributed by atoms with van der Waals surface area (Å²) in [4.78, 5) is 14.1. The van der Waals surface area contributed by atoms with Crippen molar-refractivity contribution < 1.29 is 4.79 Å². The number of likely N-dealkylation sites (tertiary alicyclic amines) is 1. The van der Waals surface area contributed by atoms with Crippen molar-refractivity contribution in [2.75, 3.05) is 26.2 Å². The first-order valence-corrected chi connectivity index (χ1v) is 8.12. The van der Waals surface area contributed by atoms with Crippen LogP contribution in [0.5, 0.6) is 0 Å². The molecule has 3 heteroatoms. The number of nitrogens with one attached hydrogen (secondary N) is 1. The van der Waals surface area contributed by atoms with E-state index in [1.54, 1.807) is 0 Å². The number of carbonyl (C=O) groups excluding carboxylic acids is 1. The van der Waals surface area contributed by atoms with Gasteiger partial charge < -0.3 is 10.2 Å². The van der Waals surface area contributed by atoms with E-state index in [4.69, 9.17) is 0 Å². The van der Waals surface area contributed by atoms with E-state index in [9.17, 15) is 4.79 Å². The monoisotopic (exact) mass is 268 g/mol. The minimum absolute atomic E-state index is 0.377. The van der Waals surface area contributed by atoms with Crippen molar-refractivity contribution in [3.63, 3.8) is 0 Å². The van der Waals surface area contributed by atoms with Gasteiger partial charge in [0.2, 0.25) is 5.91 Å². The Labute approximate surface area is 119 Å². The van der Waals surface area contributed by atoms with Crippen molar-refractivity contribution >= 4 is 5.91 Å². The molecular formula is C16H32N2O. The van der Waals surface area contributed by atoms with E-state index in [2.05, 4.69) is 31.0 Å². The van der Waals surface area contributed by atoms with Gasteiger partial charge in [-0.15, -0.1) is 0 Å². The summed E-state index contributed by atoms with van der Waals surface area (Å²) >= 11 is 0. The van der Waals surface area contributed by atoms with Crippen molar-refractivity contribution in [1.82, 2.24) is 10.2 Å². The van der Waals surface area contributed by atoms with Crippen molar-refractivity contribution in [3.05, 3.63) is 0 Å².